The van der Waals surface area contributed by atoms with Gasteiger partial charge in [-0.05, 0) is 71.0 Å². The molecule has 0 spiro atoms. The number of hydrogen-bond donors (Lipinski definition) is 0. The quantitative estimate of drug-likeness (QED) is 0.571. The van der Waals surface area contributed by atoms with Crippen molar-refractivity contribution in [2.24, 2.45) is 0 Å². The molecule has 0 radical (unpaired) electrons. The molecule has 0 atom stereocenters. The predicted molar refractivity (Wildman–Crippen MR) is 108 cm³/mol. The van der Waals surface area contributed by atoms with Gasteiger partial charge in [0.15, 0.2) is 0 Å². The van der Waals surface area contributed by atoms with Crippen LogP contribution in [0.15, 0.2) is 42.5 Å². The van der Waals surface area contributed by atoms with Gasteiger partial charge in [0, 0.05) is 5.56 Å². The molecule has 0 aromatic heterocycles. The smallest absolute Gasteiger partial charge is 0.267 e. The van der Waals surface area contributed by atoms with Crippen LogP contribution in [0.3, 0.4) is 0 Å². The molecule has 1 aliphatic heterocycles. The summed E-state index contributed by atoms with van der Waals surface area (Å²) in [7, 11) is 0. The second kappa shape index (κ2) is 7.37. The zero-order valence-corrected chi connectivity index (χ0v) is 17.4. The van der Waals surface area contributed by atoms with Gasteiger partial charge in [0.2, 0.25) is 0 Å². The summed E-state index contributed by atoms with van der Waals surface area (Å²) in [4.78, 5) is 52.5. The van der Waals surface area contributed by atoms with Crippen molar-refractivity contribution in [1.82, 2.24) is 10.0 Å². The van der Waals surface area contributed by atoms with Crippen LogP contribution in [-0.4, -0.2) is 39.3 Å². The summed E-state index contributed by atoms with van der Waals surface area (Å²) in [6.07, 6.45) is 0. The lowest BCUT2D eigenvalue weighted by atomic mass is 10.0. The molecule has 3 rings (SSSR count). The van der Waals surface area contributed by atoms with E-state index in [-0.39, 0.29) is 11.3 Å². The fourth-order valence-corrected chi connectivity index (χ4v) is 3.36. The average molecular weight is 411 g/mol. The van der Waals surface area contributed by atoms with E-state index in [1.807, 2.05) is 19.9 Å². The number of imide groups is 2. The van der Waals surface area contributed by atoms with Crippen LogP contribution in [-0.2, 0) is 9.59 Å². The number of halogens is 1. The minimum Gasteiger partial charge on any atom is -0.267 e. The van der Waals surface area contributed by atoms with Gasteiger partial charge in [-0.15, -0.1) is 0 Å². The number of hydrogen-bond acceptors (Lipinski definition) is 4. The van der Waals surface area contributed by atoms with Crippen LogP contribution in [0.5, 0.6) is 0 Å². The molecule has 5 amide bonds. The Hall–Kier alpha value is -3.55. The Morgan fingerprint density at radius 3 is 1.93 bits per heavy atom. The van der Waals surface area contributed by atoms with E-state index in [9.17, 15) is 23.6 Å². The lowest BCUT2D eigenvalue weighted by Gasteiger charge is -2.39. The van der Waals surface area contributed by atoms with Crippen molar-refractivity contribution < 1.29 is 23.6 Å². The number of rotatable bonds is 3. The lowest BCUT2D eigenvalue weighted by molar-refractivity contribution is -0.148. The van der Waals surface area contributed by atoms with Gasteiger partial charge in [-0.2, -0.15) is 5.01 Å². The van der Waals surface area contributed by atoms with Gasteiger partial charge < -0.3 is 0 Å². The fourth-order valence-electron chi connectivity index (χ4n) is 3.36. The third-order valence-electron chi connectivity index (χ3n) is 4.53. The normalized spacial score (nSPS) is 14.5. The van der Waals surface area contributed by atoms with Crippen LogP contribution in [0.25, 0.3) is 0 Å². The molecule has 2 aromatic carbocycles. The van der Waals surface area contributed by atoms with Crippen molar-refractivity contribution in [3.63, 3.8) is 0 Å². The van der Waals surface area contributed by atoms with Crippen molar-refractivity contribution in [1.29, 1.82) is 0 Å². The average Bonchev–Trinajstić information content (AvgIpc) is 2.84. The van der Waals surface area contributed by atoms with Crippen LogP contribution in [0.1, 0.15) is 42.3 Å². The maximum atomic E-state index is 13.4. The standard InChI is InChI=1S/C22H22FN3O4/c1-13-10-14(2)12-15(11-13)18(27)26(22(3,4)5)25-20(29)19(28)24(21(25)30)17-8-6-16(23)7-9-17/h6-12H,1-5H3. The Balaban J connectivity index is 2.07. The Morgan fingerprint density at radius 2 is 1.43 bits per heavy atom. The van der Waals surface area contributed by atoms with Crippen molar-refractivity contribution in [3.05, 3.63) is 65.0 Å². The first-order valence-corrected chi connectivity index (χ1v) is 9.32. The molecule has 0 saturated carbocycles. The van der Waals surface area contributed by atoms with Crippen LogP contribution in [0, 0.1) is 19.7 Å². The van der Waals surface area contributed by atoms with E-state index in [0.29, 0.717) is 9.91 Å². The monoisotopic (exact) mass is 411 g/mol. The number of aryl methyl sites for hydroxylation is 2. The Morgan fingerprint density at radius 1 is 0.900 bits per heavy atom. The molecule has 0 unspecified atom stereocenters. The molecular formula is C22H22FN3O4. The number of nitrogens with zero attached hydrogens (tertiary/aromatic N) is 3. The highest BCUT2D eigenvalue weighted by Crippen LogP contribution is 2.29. The summed E-state index contributed by atoms with van der Waals surface area (Å²) in [5.74, 6) is -3.42. The molecule has 1 fully saturated rings. The summed E-state index contributed by atoms with van der Waals surface area (Å²) in [5, 5.41) is 1.55. The highest BCUT2D eigenvalue weighted by Gasteiger charge is 2.52. The van der Waals surface area contributed by atoms with E-state index in [4.69, 9.17) is 0 Å². The first-order chi connectivity index (χ1) is 13.9. The van der Waals surface area contributed by atoms with Crippen LogP contribution < -0.4 is 4.90 Å². The van der Waals surface area contributed by atoms with Gasteiger partial charge in [-0.3, -0.25) is 14.4 Å². The van der Waals surface area contributed by atoms with Gasteiger partial charge in [-0.25, -0.2) is 19.1 Å². The van der Waals surface area contributed by atoms with Crippen molar-refractivity contribution in [2.45, 2.75) is 40.2 Å². The highest BCUT2D eigenvalue weighted by molar-refractivity contribution is 6.52. The van der Waals surface area contributed by atoms with E-state index in [0.717, 1.165) is 28.3 Å². The largest absolute Gasteiger partial charge is 0.358 e. The van der Waals surface area contributed by atoms with E-state index >= 15 is 0 Å². The van der Waals surface area contributed by atoms with Crippen molar-refractivity contribution in [3.8, 4) is 0 Å². The first-order valence-electron chi connectivity index (χ1n) is 9.32. The molecule has 30 heavy (non-hydrogen) atoms. The molecule has 1 saturated heterocycles. The third-order valence-corrected chi connectivity index (χ3v) is 4.53. The molecule has 7 nitrogen and oxygen atoms in total. The fraction of sp³-hybridized carbons (Fsp3) is 0.273. The van der Waals surface area contributed by atoms with Crippen molar-refractivity contribution >= 4 is 29.4 Å². The Bertz CT molecular complexity index is 1040. The Labute approximate surface area is 173 Å². The molecule has 1 heterocycles. The van der Waals surface area contributed by atoms with E-state index < -0.39 is 35.1 Å². The minimum atomic E-state index is -1.16. The summed E-state index contributed by atoms with van der Waals surface area (Å²) in [5.41, 5.74) is 1.01. The summed E-state index contributed by atoms with van der Waals surface area (Å²) in [6.45, 7) is 8.62. The summed E-state index contributed by atoms with van der Waals surface area (Å²) in [6, 6.07) is 8.78. The molecule has 0 aliphatic carbocycles. The number of carbonyl (C=O) groups excluding carboxylic acids is 4. The number of urea groups is 1. The second-order valence-corrected chi connectivity index (χ2v) is 8.18. The third kappa shape index (κ3) is 3.68. The Kier molecular flexibility index (Phi) is 5.20. The van der Waals surface area contributed by atoms with Crippen LogP contribution in [0.2, 0.25) is 0 Å². The molecule has 2 aromatic rings. The highest BCUT2D eigenvalue weighted by atomic mass is 19.1. The van der Waals surface area contributed by atoms with Gasteiger partial charge in [0.25, 0.3) is 5.91 Å². The molecule has 8 heteroatoms. The second-order valence-electron chi connectivity index (χ2n) is 8.18. The van der Waals surface area contributed by atoms with Crippen LogP contribution in [0.4, 0.5) is 14.9 Å². The molecule has 0 N–H and O–H groups in total. The zero-order chi connectivity index (χ0) is 22.4. The maximum absolute atomic E-state index is 13.4. The van der Waals surface area contributed by atoms with Crippen LogP contribution >= 0.6 is 0 Å². The van der Waals surface area contributed by atoms with E-state index in [2.05, 4.69) is 0 Å². The van der Waals surface area contributed by atoms with Gasteiger partial charge in [0.1, 0.15) is 5.82 Å². The molecule has 1 aliphatic rings. The molecule has 156 valence electrons. The molecular weight excluding hydrogens is 389 g/mol. The first kappa shape index (κ1) is 21.2. The number of carbonyl (C=O) groups is 4. The zero-order valence-electron chi connectivity index (χ0n) is 17.4. The maximum Gasteiger partial charge on any atom is 0.358 e. The van der Waals surface area contributed by atoms with Gasteiger partial charge in [0.05, 0.1) is 11.2 Å². The van der Waals surface area contributed by atoms with Gasteiger partial charge in [-0.1, -0.05) is 17.2 Å². The topological polar surface area (TPSA) is 78.0 Å². The SMILES string of the molecule is Cc1cc(C)cc(C(=O)N(N2C(=O)C(=O)N(c3ccc(F)cc3)C2=O)C(C)(C)C)c1. The number of benzene rings is 2. The van der Waals surface area contributed by atoms with E-state index in [1.54, 1.807) is 32.9 Å². The van der Waals surface area contributed by atoms with Gasteiger partial charge >= 0.3 is 17.8 Å². The molecule has 0 bridgehead atoms. The minimum absolute atomic E-state index is 0.0370. The number of anilines is 1. The number of amides is 5. The predicted octanol–water partition coefficient (Wildman–Crippen LogP) is 3.59. The number of hydrazine groups is 1. The van der Waals surface area contributed by atoms with E-state index in [1.165, 1.54) is 12.1 Å². The lowest BCUT2D eigenvalue weighted by Crippen LogP contribution is -2.58. The van der Waals surface area contributed by atoms with Crippen molar-refractivity contribution in [2.75, 3.05) is 4.90 Å². The summed E-state index contributed by atoms with van der Waals surface area (Å²) < 4.78 is 13.2. The summed E-state index contributed by atoms with van der Waals surface area (Å²) >= 11 is 0.